The number of rotatable bonds is 4. The third kappa shape index (κ3) is 3.92. The van der Waals surface area contributed by atoms with E-state index in [1.54, 1.807) is 0 Å². The van der Waals surface area contributed by atoms with E-state index in [4.69, 9.17) is 11.0 Å². The average Bonchev–Trinajstić information content (AvgIpc) is 2.25. The highest BCUT2D eigenvalue weighted by Crippen LogP contribution is 2.15. The fourth-order valence-electron chi connectivity index (χ4n) is 1.38. The number of hydrogen-bond acceptors (Lipinski definition) is 3. The molecule has 0 atom stereocenters. The second kappa shape index (κ2) is 5.00. The molecule has 86 valence electrons. The topological polar surface area (TPSA) is 53.0 Å². The normalized spacial score (nSPS) is 10.9. The van der Waals surface area contributed by atoms with E-state index in [1.807, 2.05) is 45.2 Å². The Balaban J connectivity index is 2.60. The minimum atomic E-state index is -0.138. The average molecular weight is 217 g/mol. The summed E-state index contributed by atoms with van der Waals surface area (Å²) in [5.41, 5.74) is 7.60. The molecule has 1 aromatic rings. The van der Waals surface area contributed by atoms with E-state index in [0.717, 1.165) is 18.7 Å². The van der Waals surface area contributed by atoms with Crippen LogP contribution in [0.5, 0.6) is 0 Å². The summed E-state index contributed by atoms with van der Waals surface area (Å²) < 4.78 is 0. The van der Waals surface area contributed by atoms with Crippen LogP contribution in [0.3, 0.4) is 0 Å². The van der Waals surface area contributed by atoms with E-state index >= 15 is 0 Å². The van der Waals surface area contributed by atoms with Gasteiger partial charge >= 0.3 is 0 Å². The highest BCUT2D eigenvalue weighted by Gasteiger charge is 2.11. The van der Waals surface area contributed by atoms with Gasteiger partial charge in [0.25, 0.3) is 0 Å². The highest BCUT2D eigenvalue weighted by atomic mass is 15.1. The third-order valence-electron chi connectivity index (χ3n) is 2.53. The first-order chi connectivity index (χ1) is 7.42. The van der Waals surface area contributed by atoms with E-state index in [1.165, 1.54) is 0 Å². The summed E-state index contributed by atoms with van der Waals surface area (Å²) in [6.45, 7) is 4.97. The Bertz CT molecular complexity index is 368. The van der Waals surface area contributed by atoms with Gasteiger partial charge in [-0.1, -0.05) is 0 Å². The van der Waals surface area contributed by atoms with Gasteiger partial charge in [-0.2, -0.15) is 5.26 Å². The minimum absolute atomic E-state index is 0.138. The first-order valence-corrected chi connectivity index (χ1v) is 5.42. The molecule has 0 bridgehead atoms. The van der Waals surface area contributed by atoms with Crippen molar-refractivity contribution < 1.29 is 0 Å². The van der Waals surface area contributed by atoms with Crippen molar-refractivity contribution in [2.24, 2.45) is 5.73 Å². The SMILES string of the molecule is CN(CCC(C)(C)N)c1ccc(C#N)cc1. The number of nitrogens with zero attached hydrogens (tertiary/aromatic N) is 2. The van der Waals surface area contributed by atoms with Crippen molar-refractivity contribution in [1.29, 1.82) is 5.26 Å². The van der Waals surface area contributed by atoms with E-state index < -0.39 is 0 Å². The van der Waals surface area contributed by atoms with Gasteiger partial charge in [-0.05, 0) is 44.5 Å². The third-order valence-corrected chi connectivity index (χ3v) is 2.53. The second-order valence-electron chi connectivity index (χ2n) is 4.82. The maximum absolute atomic E-state index is 8.70. The fourth-order valence-corrected chi connectivity index (χ4v) is 1.38. The van der Waals surface area contributed by atoms with Crippen molar-refractivity contribution in [1.82, 2.24) is 0 Å². The van der Waals surface area contributed by atoms with Crippen LogP contribution < -0.4 is 10.6 Å². The molecule has 3 heteroatoms. The second-order valence-corrected chi connectivity index (χ2v) is 4.82. The van der Waals surface area contributed by atoms with Gasteiger partial charge in [0.2, 0.25) is 0 Å². The van der Waals surface area contributed by atoms with Gasteiger partial charge < -0.3 is 10.6 Å². The van der Waals surface area contributed by atoms with E-state index in [0.29, 0.717) is 5.56 Å². The Kier molecular flexibility index (Phi) is 3.92. The first-order valence-electron chi connectivity index (χ1n) is 5.42. The quantitative estimate of drug-likeness (QED) is 0.840. The number of nitrogens with two attached hydrogens (primary N) is 1. The molecule has 0 spiro atoms. The molecule has 0 aliphatic heterocycles. The standard InChI is InChI=1S/C13H19N3/c1-13(2,15)8-9-16(3)12-6-4-11(10-14)5-7-12/h4-7H,8-9,15H2,1-3H3. The maximum Gasteiger partial charge on any atom is 0.0991 e. The Morgan fingerprint density at radius 2 is 1.88 bits per heavy atom. The van der Waals surface area contributed by atoms with Crippen LogP contribution >= 0.6 is 0 Å². The van der Waals surface area contributed by atoms with Crippen LogP contribution in [0, 0.1) is 11.3 Å². The van der Waals surface area contributed by atoms with Gasteiger partial charge in [0.15, 0.2) is 0 Å². The lowest BCUT2D eigenvalue weighted by Crippen LogP contribution is -2.36. The molecular weight excluding hydrogens is 198 g/mol. The van der Waals surface area contributed by atoms with Crippen LogP contribution in [0.1, 0.15) is 25.8 Å². The van der Waals surface area contributed by atoms with Gasteiger partial charge in [0.1, 0.15) is 0 Å². The van der Waals surface area contributed by atoms with Crippen LogP contribution in [0.25, 0.3) is 0 Å². The molecule has 0 amide bonds. The zero-order valence-electron chi connectivity index (χ0n) is 10.2. The van der Waals surface area contributed by atoms with Gasteiger partial charge in [-0.15, -0.1) is 0 Å². The summed E-state index contributed by atoms with van der Waals surface area (Å²) in [6, 6.07) is 9.70. The van der Waals surface area contributed by atoms with E-state index in [2.05, 4.69) is 11.0 Å². The largest absolute Gasteiger partial charge is 0.375 e. The predicted molar refractivity (Wildman–Crippen MR) is 67.3 cm³/mol. The van der Waals surface area contributed by atoms with Crippen LogP contribution in [0.4, 0.5) is 5.69 Å². The molecule has 0 aliphatic carbocycles. The molecule has 0 aromatic heterocycles. The first kappa shape index (κ1) is 12.5. The lowest BCUT2D eigenvalue weighted by Gasteiger charge is -2.25. The summed E-state index contributed by atoms with van der Waals surface area (Å²) in [7, 11) is 2.03. The molecule has 16 heavy (non-hydrogen) atoms. The lowest BCUT2D eigenvalue weighted by molar-refractivity contribution is 0.479. The molecule has 3 nitrogen and oxygen atoms in total. The molecule has 0 aliphatic rings. The van der Waals surface area contributed by atoms with Crippen molar-refractivity contribution in [3.8, 4) is 6.07 Å². The summed E-state index contributed by atoms with van der Waals surface area (Å²) in [5, 5.41) is 8.70. The molecule has 1 aromatic carbocycles. The predicted octanol–water partition coefficient (Wildman–Crippen LogP) is 2.12. The van der Waals surface area contributed by atoms with Crippen LogP contribution in [0.15, 0.2) is 24.3 Å². The maximum atomic E-state index is 8.70. The summed E-state index contributed by atoms with van der Waals surface area (Å²) >= 11 is 0. The molecule has 1 rings (SSSR count). The Hall–Kier alpha value is -1.53. The van der Waals surface area contributed by atoms with Crippen molar-refractivity contribution in [3.63, 3.8) is 0 Å². The monoisotopic (exact) mass is 217 g/mol. The summed E-state index contributed by atoms with van der Waals surface area (Å²) in [6.07, 6.45) is 0.934. The molecule has 0 saturated carbocycles. The van der Waals surface area contributed by atoms with Gasteiger partial charge in [0.05, 0.1) is 11.6 Å². The molecule has 0 saturated heterocycles. The molecule has 0 radical (unpaired) electrons. The highest BCUT2D eigenvalue weighted by molar-refractivity contribution is 5.48. The van der Waals surface area contributed by atoms with E-state index in [-0.39, 0.29) is 5.54 Å². The molecule has 0 fully saturated rings. The van der Waals surface area contributed by atoms with Crippen molar-refractivity contribution in [2.75, 3.05) is 18.5 Å². The number of benzene rings is 1. The van der Waals surface area contributed by atoms with Crippen LogP contribution in [0.2, 0.25) is 0 Å². The van der Waals surface area contributed by atoms with Crippen molar-refractivity contribution in [2.45, 2.75) is 25.8 Å². The molecule has 0 heterocycles. The number of anilines is 1. The number of hydrogen-bond donors (Lipinski definition) is 1. The smallest absolute Gasteiger partial charge is 0.0991 e. The van der Waals surface area contributed by atoms with Crippen molar-refractivity contribution >= 4 is 5.69 Å². The van der Waals surface area contributed by atoms with Crippen molar-refractivity contribution in [3.05, 3.63) is 29.8 Å². The molecular formula is C13H19N3. The number of nitriles is 1. The fraction of sp³-hybridized carbons (Fsp3) is 0.462. The Morgan fingerprint density at radius 1 is 1.31 bits per heavy atom. The summed E-state index contributed by atoms with van der Waals surface area (Å²) in [5.74, 6) is 0. The van der Waals surface area contributed by atoms with Gasteiger partial charge in [0, 0.05) is 24.8 Å². The summed E-state index contributed by atoms with van der Waals surface area (Å²) in [4.78, 5) is 2.15. The van der Waals surface area contributed by atoms with Crippen LogP contribution in [-0.2, 0) is 0 Å². The van der Waals surface area contributed by atoms with E-state index in [9.17, 15) is 0 Å². The van der Waals surface area contributed by atoms with Gasteiger partial charge in [-0.3, -0.25) is 0 Å². The van der Waals surface area contributed by atoms with Crippen LogP contribution in [-0.4, -0.2) is 19.1 Å². The molecule has 0 unspecified atom stereocenters. The minimum Gasteiger partial charge on any atom is -0.375 e. The Morgan fingerprint density at radius 3 is 2.31 bits per heavy atom. The zero-order valence-corrected chi connectivity index (χ0v) is 10.2. The zero-order chi connectivity index (χ0) is 12.2. The Labute approximate surface area is 97.5 Å². The van der Waals surface area contributed by atoms with Gasteiger partial charge in [-0.25, -0.2) is 0 Å². The molecule has 2 N–H and O–H groups in total. The lowest BCUT2D eigenvalue weighted by atomic mass is 10.0.